The lowest BCUT2D eigenvalue weighted by atomic mass is 9.96. The zero-order valence-corrected chi connectivity index (χ0v) is 35.2. The molecule has 1 fully saturated rings. The molecule has 11 heteroatoms. The minimum Gasteiger partial charge on any atom is -0.493 e. The maximum absolute atomic E-state index is 12.7. The number of nitrogen functional groups attached to an aromatic ring is 1. The van der Waals surface area contributed by atoms with E-state index >= 15 is 0 Å². The molecule has 0 saturated carbocycles. The van der Waals surface area contributed by atoms with Crippen molar-refractivity contribution < 1.29 is 33.6 Å². The van der Waals surface area contributed by atoms with Gasteiger partial charge >= 0.3 is 0 Å². The molecular weight excluding hydrogens is 769 g/mol. The number of unbranched alkanes of at least 4 members (excludes halogenated alkanes) is 3. The molecule has 2 heterocycles. The van der Waals surface area contributed by atoms with Gasteiger partial charge in [0.05, 0.1) is 44.4 Å². The molecule has 11 nitrogen and oxygen atoms in total. The molecule has 5 aromatic carbocycles. The van der Waals surface area contributed by atoms with Gasteiger partial charge in [-0.05, 0) is 88.5 Å². The molecule has 0 aromatic heterocycles. The Hall–Kier alpha value is -5.72. The number of nitrogens with two attached hydrogens (primary N) is 1. The van der Waals surface area contributed by atoms with Crippen LogP contribution in [-0.2, 0) is 45.2 Å². The van der Waals surface area contributed by atoms with Gasteiger partial charge in [0.1, 0.15) is 0 Å². The number of fused-ring (bicyclic) bond motifs is 1. The van der Waals surface area contributed by atoms with Crippen LogP contribution in [0.15, 0.2) is 109 Å². The van der Waals surface area contributed by atoms with Crippen LogP contribution in [0.3, 0.4) is 0 Å². The van der Waals surface area contributed by atoms with E-state index in [1.807, 2.05) is 48.5 Å². The Kier molecular flexibility index (Phi) is 15.1. The van der Waals surface area contributed by atoms with E-state index in [0.717, 1.165) is 96.6 Å². The SMILES string of the molecule is COc1cc2c(cc1OC)CN(CC1CC(c3ccc(CO)cc3)OC(c3ccc(-c4cccc(CNC(=O)CCCCCCC(=O)Nc5ccccc5N)c4)cc3)O1)CC2. The molecule has 0 aliphatic carbocycles. The molecule has 0 radical (unpaired) electrons. The quantitative estimate of drug-likeness (QED) is 0.0504. The van der Waals surface area contributed by atoms with Crippen LogP contribution >= 0.6 is 0 Å². The highest BCUT2D eigenvalue weighted by Crippen LogP contribution is 2.40. The molecule has 0 spiro atoms. The Morgan fingerprint density at radius 1 is 0.754 bits per heavy atom. The van der Waals surface area contributed by atoms with Crippen molar-refractivity contribution >= 4 is 23.2 Å². The van der Waals surface area contributed by atoms with Gasteiger partial charge in [0, 0.05) is 51.0 Å². The molecule has 7 rings (SSSR count). The van der Waals surface area contributed by atoms with Crippen molar-refractivity contribution in [3.8, 4) is 22.6 Å². The van der Waals surface area contributed by atoms with E-state index in [-0.39, 0.29) is 30.6 Å². The fourth-order valence-corrected chi connectivity index (χ4v) is 8.15. The Morgan fingerprint density at radius 3 is 2.18 bits per heavy atom. The zero-order valence-electron chi connectivity index (χ0n) is 35.2. The Bertz CT molecular complexity index is 2230. The molecular formula is C50H58N4O7. The number of ether oxygens (including phenoxy) is 4. The largest absolute Gasteiger partial charge is 0.493 e. The van der Waals surface area contributed by atoms with Crippen molar-refractivity contribution in [2.24, 2.45) is 0 Å². The summed E-state index contributed by atoms with van der Waals surface area (Å²) in [7, 11) is 3.34. The van der Waals surface area contributed by atoms with Crippen molar-refractivity contribution in [2.45, 2.75) is 89.6 Å². The fourth-order valence-electron chi connectivity index (χ4n) is 8.15. The summed E-state index contributed by atoms with van der Waals surface area (Å²) in [5.74, 6) is 1.47. The number of benzene rings is 5. The lowest BCUT2D eigenvalue weighted by molar-refractivity contribution is -0.253. The van der Waals surface area contributed by atoms with Gasteiger partial charge in [0.25, 0.3) is 0 Å². The number of amides is 2. The normalized spacial score (nSPS) is 17.6. The number of nitrogens with one attached hydrogen (secondary N) is 2. The number of nitrogens with zero attached hydrogens (tertiary/aromatic N) is 1. The van der Waals surface area contributed by atoms with E-state index in [1.54, 1.807) is 26.4 Å². The van der Waals surface area contributed by atoms with Crippen LogP contribution in [0.2, 0.25) is 0 Å². The molecule has 2 aliphatic heterocycles. The molecule has 61 heavy (non-hydrogen) atoms. The van der Waals surface area contributed by atoms with E-state index in [2.05, 4.69) is 64.1 Å². The summed E-state index contributed by atoms with van der Waals surface area (Å²) < 4.78 is 24.6. The molecule has 3 unspecified atom stereocenters. The Labute approximate surface area is 359 Å². The van der Waals surface area contributed by atoms with E-state index in [9.17, 15) is 14.7 Å². The number of hydrogen-bond donors (Lipinski definition) is 4. The molecule has 3 atom stereocenters. The third-order valence-corrected chi connectivity index (χ3v) is 11.6. The molecule has 2 aliphatic rings. The summed E-state index contributed by atoms with van der Waals surface area (Å²) >= 11 is 0. The second-order valence-corrected chi connectivity index (χ2v) is 16.0. The van der Waals surface area contributed by atoms with Crippen molar-refractivity contribution in [1.29, 1.82) is 0 Å². The maximum atomic E-state index is 12.7. The van der Waals surface area contributed by atoms with Gasteiger partial charge in [-0.3, -0.25) is 14.5 Å². The number of para-hydroxylation sites is 2. The van der Waals surface area contributed by atoms with Crippen LogP contribution in [0, 0.1) is 0 Å². The third kappa shape index (κ3) is 11.8. The van der Waals surface area contributed by atoms with Gasteiger partial charge in [-0.25, -0.2) is 0 Å². The van der Waals surface area contributed by atoms with Crippen molar-refractivity contribution in [3.05, 3.63) is 143 Å². The van der Waals surface area contributed by atoms with Crippen LogP contribution < -0.4 is 25.8 Å². The highest BCUT2D eigenvalue weighted by atomic mass is 16.7. The number of aliphatic hydroxyl groups is 1. The minimum absolute atomic E-state index is 0.00462. The minimum atomic E-state index is -0.558. The predicted octanol–water partition coefficient (Wildman–Crippen LogP) is 8.64. The van der Waals surface area contributed by atoms with E-state index in [1.165, 1.54) is 11.1 Å². The average Bonchev–Trinajstić information content (AvgIpc) is 3.29. The van der Waals surface area contributed by atoms with Crippen molar-refractivity contribution in [1.82, 2.24) is 10.2 Å². The molecule has 0 bridgehead atoms. The number of rotatable bonds is 18. The smallest absolute Gasteiger partial charge is 0.224 e. The van der Waals surface area contributed by atoms with Crippen molar-refractivity contribution in [2.75, 3.05) is 38.4 Å². The molecule has 5 N–H and O–H groups in total. The van der Waals surface area contributed by atoms with E-state index in [0.29, 0.717) is 37.2 Å². The summed E-state index contributed by atoms with van der Waals surface area (Å²) in [6, 6.07) is 36.0. The van der Waals surface area contributed by atoms with Gasteiger partial charge < -0.3 is 40.4 Å². The number of carbonyl (C=O) groups is 2. The van der Waals surface area contributed by atoms with Crippen LogP contribution in [0.4, 0.5) is 11.4 Å². The molecule has 5 aromatic rings. The van der Waals surface area contributed by atoms with Crippen LogP contribution in [-0.4, -0.2) is 55.2 Å². The predicted molar refractivity (Wildman–Crippen MR) is 238 cm³/mol. The van der Waals surface area contributed by atoms with Gasteiger partial charge in [-0.2, -0.15) is 0 Å². The van der Waals surface area contributed by atoms with Crippen LogP contribution in [0.25, 0.3) is 11.1 Å². The number of aliphatic hydroxyl groups excluding tert-OH is 1. The van der Waals surface area contributed by atoms with Crippen LogP contribution in [0.1, 0.15) is 90.7 Å². The number of hydrogen-bond acceptors (Lipinski definition) is 9. The maximum Gasteiger partial charge on any atom is 0.224 e. The first-order valence-electron chi connectivity index (χ1n) is 21.4. The second kappa shape index (κ2) is 21.2. The number of carbonyl (C=O) groups excluding carboxylic acids is 2. The summed E-state index contributed by atoms with van der Waals surface area (Å²) in [5, 5.41) is 15.6. The van der Waals surface area contributed by atoms with E-state index in [4.69, 9.17) is 24.7 Å². The number of methoxy groups -OCH3 is 2. The van der Waals surface area contributed by atoms with E-state index < -0.39 is 6.29 Å². The lowest BCUT2D eigenvalue weighted by Crippen LogP contribution is -2.41. The second-order valence-electron chi connectivity index (χ2n) is 16.0. The topological polar surface area (TPSA) is 145 Å². The third-order valence-electron chi connectivity index (χ3n) is 11.6. The zero-order chi connectivity index (χ0) is 42.6. The average molecular weight is 827 g/mol. The number of anilines is 2. The van der Waals surface area contributed by atoms with Crippen molar-refractivity contribution in [3.63, 3.8) is 0 Å². The van der Waals surface area contributed by atoms with Crippen LogP contribution in [0.5, 0.6) is 11.5 Å². The monoisotopic (exact) mass is 826 g/mol. The van der Waals surface area contributed by atoms with Gasteiger partial charge in [0.2, 0.25) is 11.8 Å². The van der Waals surface area contributed by atoms with Gasteiger partial charge in [-0.15, -0.1) is 0 Å². The summed E-state index contributed by atoms with van der Waals surface area (Å²) in [6.07, 6.45) is 4.99. The molecule has 2 amide bonds. The summed E-state index contributed by atoms with van der Waals surface area (Å²) in [5.41, 5.74) is 15.6. The molecule has 1 saturated heterocycles. The highest BCUT2D eigenvalue weighted by molar-refractivity contribution is 5.93. The van der Waals surface area contributed by atoms with Gasteiger partial charge in [0.15, 0.2) is 17.8 Å². The first kappa shape index (κ1) is 43.4. The first-order chi connectivity index (χ1) is 29.8. The molecule has 320 valence electrons. The Morgan fingerprint density at radius 2 is 1.46 bits per heavy atom. The summed E-state index contributed by atoms with van der Waals surface area (Å²) in [4.78, 5) is 27.4. The van der Waals surface area contributed by atoms with Gasteiger partial charge in [-0.1, -0.05) is 91.7 Å². The fraction of sp³-hybridized carbons (Fsp3) is 0.360. The summed E-state index contributed by atoms with van der Waals surface area (Å²) in [6.45, 7) is 2.91. The standard InChI is InChI=1S/C50H58N4O7/c1-58-46-27-40-24-25-54(31-41(40)28-47(46)59-2)32-42-29-45(37-18-16-34(33-55)17-19-37)61-50(60-42)38-22-20-36(21-23-38)39-11-9-10-35(26-39)30-52-48(56)14-5-3-4-6-15-49(57)53-44-13-8-7-12-43(44)51/h7-13,16-23,26-28,42,45,50,55H,3-6,14-15,24-25,29-33,51H2,1-2H3,(H,52,56)(H,53,57). The highest BCUT2D eigenvalue weighted by Gasteiger charge is 2.34. The Balaban J connectivity index is 0.917. The lowest BCUT2D eigenvalue weighted by Gasteiger charge is -2.39. The first-order valence-corrected chi connectivity index (χ1v) is 21.4.